The quantitative estimate of drug-likeness (QED) is 0.129. The average Bonchev–Trinajstić information content (AvgIpc) is 3.48. The summed E-state index contributed by atoms with van der Waals surface area (Å²) in [7, 11) is 1.46. The third-order valence-corrected chi connectivity index (χ3v) is 14.2. The highest BCUT2D eigenvalue weighted by Gasteiger charge is 2.65. The summed E-state index contributed by atoms with van der Waals surface area (Å²) in [5.74, 6) is 2.27. The van der Waals surface area contributed by atoms with E-state index in [0.29, 0.717) is 73.3 Å². The Balaban J connectivity index is 1.15. The maximum Gasteiger partial charge on any atom is 0.306 e. The Hall–Kier alpha value is -3.55. The van der Waals surface area contributed by atoms with Crippen molar-refractivity contribution in [1.29, 1.82) is 0 Å². The molecular weight excluding hydrogens is 640 g/mol. The number of nitrogens with two attached hydrogens (primary N) is 2. The number of benzene rings is 2. The van der Waals surface area contributed by atoms with Gasteiger partial charge in [0.15, 0.2) is 0 Å². The molecule has 0 aromatic heterocycles. The second kappa shape index (κ2) is 15.6. The maximum atomic E-state index is 13.7. The van der Waals surface area contributed by atoms with E-state index in [4.69, 9.17) is 25.7 Å². The van der Waals surface area contributed by atoms with E-state index in [9.17, 15) is 14.4 Å². The standard InChI is InChI=1S/C43H60N2O6/c1-27(5-20-39(46)49-4)35-18-19-36-34-17-12-30-25-33(50-40(47)21-10-28-6-13-31(44)14-7-28)23-24-42(30,2)37(34)26-38(43(35,36)3)51-41(48)22-11-29-8-15-32(45)16-9-29/h6-9,13-16,27,30,33-38H,5,10-12,17-26,44-45H2,1-4H3/t27-,30-,33-,34+,35-,36+,37+,38+,42+,43-/m1/s1. The fourth-order valence-electron chi connectivity index (χ4n) is 11.4. The molecule has 8 heteroatoms. The summed E-state index contributed by atoms with van der Waals surface area (Å²) in [6.45, 7) is 7.18. The number of ether oxygens (including phenoxy) is 3. The molecule has 4 aliphatic rings. The van der Waals surface area contributed by atoms with E-state index in [1.165, 1.54) is 13.5 Å². The third-order valence-electron chi connectivity index (χ3n) is 14.2. The zero-order chi connectivity index (χ0) is 36.3. The summed E-state index contributed by atoms with van der Waals surface area (Å²) in [4.78, 5) is 38.7. The first-order valence-corrected chi connectivity index (χ1v) is 19.5. The van der Waals surface area contributed by atoms with Crippen LogP contribution in [0.5, 0.6) is 0 Å². The van der Waals surface area contributed by atoms with E-state index in [1.54, 1.807) is 0 Å². The molecule has 0 amide bonds. The van der Waals surface area contributed by atoms with Gasteiger partial charge in [-0.05, 0) is 147 Å². The van der Waals surface area contributed by atoms with Gasteiger partial charge in [-0.3, -0.25) is 14.4 Å². The fraction of sp³-hybridized carbons (Fsp3) is 0.651. The predicted molar refractivity (Wildman–Crippen MR) is 199 cm³/mol. The van der Waals surface area contributed by atoms with Crippen molar-refractivity contribution in [2.45, 2.75) is 123 Å². The normalized spacial score (nSPS) is 33.2. The third kappa shape index (κ3) is 7.95. The monoisotopic (exact) mass is 700 g/mol. The van der Waals surface area contributed by atoms with Crippen molar-refractivity contribution in [3.63, 3.8) is 0 Å². The molecule has 8 nitrogen and oxygen atoms in total. The highest BCUT2D eigenvalue weighted by molar-refractivity contribution is 5.70. The molecule has 10 atom stereocenters. The summed E-state index contributed by atoms with van der Waals surface area (Å²) in [6.07, 6.45) is 11.2. The fourth-order valence-corrected chi connectivity index (χ4v) is 11.4. The molecule has 4 N–H and O–H groups in total. The van der Waals surface area contributed by atoms with Gasteiger partial charge in [0.2, 0.25) is 0 Å². The molecule has 0 heterocycles. The molecule has 2 aromatic carbocycles. The smallest absolute Gasteiger partial charge is 0.306 e. The average molecular weight is 701 g/mol. The molecule has 4 fully saturated rings. The van der Waals surface area contributed by atoms with Crippen LogP contribution in [0.25, 0.3) is 0 Å². The van der Waals surface area contributed by atoms with E-state index >= 15 is 0 Å². The van der Waals surface area contributed by atoms with Crippen LogP contribution in [0.1, 0.15) is 109 Å². The van der Waals surface area contributed by atoms with Crippen molar-refractivity contribution in [3.8, 4) is 0 Å². The summed E-state index contributed by atoms with van der Waals surface area (Å²) in [5.41, 5.74) is 15.3. The number of nitrogen functional groups attached to an aromatic ring is 2. The predicted octanol–water partition coefficient (Wildman–Crippen LogP) is 8.10. The Labute approximate surface area is 304 Å². The van der Waals surface area contributed by atoms with Gasteiger partial charge in [0.25, 0.3) is 0 Å². The number of hydrogen-bond acceptors (Lipinski definition) is 8. The Morgan fingerprint density at radius 2 is 1.35 bits per heavy atom. The first-order valence-electron chi connectivity index (χ1n) is 19.5. The second-order valence-corrected chi connectivity index (χ2v) is 16.9. The van der Waals surface area contributed by atoms with Crippen LogP contribution in [0.15, 0.2) is 48.5 Å². The molecule has 0 unspecified atom stereocenters. The molecule has 0 bridgehead atoms. The van der Waals surface area contributed by atoms with Crippen molar-refractivity contribution in [2.75, 3.05) is 18.6 Å². The number of carbonyl (C=O) groups excluding carboxylic acids is 3. The first kappa shape index (κ1) is 37.2. The lowest BCUT2D eigenvalue weighted by atomic mass is 9.43. The van der Waals surface area contributed by atoms with Gasteiger partial charge in [0.05, 0.1) is 7.11 Å². The van der Waals surface area contributed by atoms with Gasteiger partial charge in [-0.2, -0.15) is 0 Å². The van der Waals surface area contributed by atoms with Gasteiger partial charge < -0.3 is 25.7 Å². The number of rotatable bonds is 12. The second-order valence-electron chi connectivity index (χ2n) is 16.9. The lowest BCUT2D eigenvalue weighted by Gasteiger charge is -2.62. The van der Waals surface area contributed by atoms with Crippen LogP contribution in [0, 0.1) is 46.3 Å². The van der Waals surface area contributed by atoms with Gasteiger partial charge in [0.1, 0.15) is 12.2 Å². The summed E-state index contributed by atoms with van der Waals surface area (Å²) < 4.78 is 17.8. The minimum absolute atomic E-state index is 0.0409. The van der Waals surface area contributed by atoms with Crippen LogP contribution >= 0.6 is 0 Å². The van der Waals surface area contributed by atoms with Gasteiger partial charge in [-0.25, -0.2) is 0 Å². The molecular formula is C43H60N2O6. The minimum atomic E-state index is -0.171. The number of anilines is 2. The van der Waals surface area contributed by atoms with Crippen molar-refractivity contribution in [2.24, 2.45) is 46.3 Å². The van der Waals surface area contributed by atoms with E-state index < -0.39 is 0 Å². The molecule has 4 saturated carbocycles. The number of hydrogen-bond donors (Lipinski definition) is 2. The van der Waals surface area contributed by atoms with Crippen molar-refractivity contribution in [3.05, 3.63) is 59.7 Å². The number of aryl methyl sites for hydroxylation is 2. The lowest BCUT2D eigenvalue weighted by molar-refractivity contribution is -0.199. The van der Waals surface area contributed by atoms with Gasteiger partial charge in [-0.1, -0.05) is 45.0 Å². The van der Waals surface area contributed by atoms with Gasteiger partial charge >= 0.3 is 17.9 Å². The van der Waals surface area contributed by atoms with Crippen LogP contribution in [0.4, 0.5) is 11.4 Å². The highest BCUT2D eigenvalue weighted by atomic mass is 16.5. The molecule has 4 aliphatic carbocycles. The Kier molecular flexibility index (Phi) is 11.4. The molecule has 0 saturated heterocycles. The van der Waals surface area contributed by atoms with Crippen molar-refractivity contribution < 1.29 is 28.6 Å². The van der Waals surface area contributed by atoms with Crippen LogP contribution in [-0.2, 0) is 41.4 Å². The Bertz CT molecular complexity index is 1530. The summed E-state index contributed by atoms with van der Waals surface area (Å²) in [5, 5.41) is 0. The summed E-state index contributed by atoms with van der Waals surface area (Å²) in [6, 6.07) is 15.4. The number of fused-ring (bicyclic) bond motifs is 5. The van der Waals surface area contributed by atoms with E-state index in [2.05, 4.69) is 20.8 Å². The topological polar surface area (TPSA) is 131 Å². The van der Waals surface area contributed by atoms with E-state index in [1.807, 2.05) is 48.5 Å². The van der Waals surface area contributed by atoms with Crippen LogP contribution in [0.2, 0.25) is 0 Å². The van der Waals surface area contributed by atoms with E-state index in [-0.39, 0.29) is 40.9 Å². The van der Waals surface area contributed by atoms with Crippen molar-refractivity contribution in [1.82, 2.24) is 0 Å². The lowest BCUT2D eigenvalue weighted by Crippen LogP contribution is -2.59. The minimum Gasteiger partial charge on any atom is -0.469 e. The van der Waals surface area contributed by atoms with Gasteiger partial charge in [0, 0.05) is 36.1 Å². The molecule has 0 spiro atoms. The van der Waals surface area contributed by atoms with Gasteiger partial charge in [-0.15, -0.1) is 0 Å². The highest BCUT2D eigenvalue weighted by Crippen LogP contribution is 2.69. The van der Waals surface area contributed by atoms with Crippen molar-refractivity contribution >= 4 is 29.3 Å². The number of esters is 3. The number of methoxy groups -OCH3 is 1. The van der Waals surface area contributed by atoms with Crippen LogP contribution in [0.3, 0.4) is 0 Å². The zero-order valence-electron chi connectivity index (χ0n) is 31.2. The largest absolute Gasteiger partial charge is 0.469 e. The maximum absolute atomic E-state index is 13.7. The SMILES string of the molecule is COC(=O)CC[C@@H](C)[C@H]1CC[C@H]2[C@@H]3CC[C@@H]4C[C@H](OC(=O)CCc5ccc(N)cc5)CC[C@]4(C)[C@H]3C[C@H](OC(=O)CCc3ccc(N)cc3)[C@]12C. The van der Waals surface area contributed by atoms with Crippen LogP contribution < -0.4 is 11.5 Å². The Morgan fingerprint density at radius 1 is 0.745 bits per heavy atom. The Morgan fingerprint density at radius 3 is 1.96 bits per heavy atom. The first-order chi connectivity index (χ1) is 24.4. The molecule has 2 aromatic rings. The molecule has 278 valence electrons. The van der Waals surface area contributed by atoms with Crippen LogP contribution in [-0.4, -0.2) is 37.2 Å². The zero-order valence-corrected chi connectivity index (χ0v) is 31.2. The number of carbonyl (C=O) groups is 3. The molecule has 0 radical (unpaired) electrons. The van der Waals surface area contributed by atoms with E-state index in [0.717, 1.165) is 68.2 Å². The molecule has 0 aliphatic heterocycles. The molecule has 6 rings (SSSR count). The summed E-state index contributed by atoms with van der Waals surface area (Å²) >= 11 is 0. The molecule has 51 heavy (non-hydrogen) atoms.